The van der Waals surface area contributed by atoms with E-state index in [2.05, 4.69) is 33.0 Å². The lowest BCUT2D eigenvalue weighted by Gasteiger charge is -2.27. The maximum Gasteiger partial charge on any atom is 0.0363 e. The highest BCUT2D eigenvalue weighted by atomic mass is 79.9. The van der Waals surface area contributed by atoms with Crippen LogP contribution in [0.3, 0.4) is 0 Å². The molecule has 0 saturated carbocycles. The molecule has 1 aliphatic rings. The minimum atomic E-state index is -0.592. The Labute approximate surface area is 119 Å². The van der Waals surface area contributed by atoms with Gasteiger partial charge in [0.1, 0.15) is 0 Å². The van der Waals surface area contributed by atoms with E-state index in [-0.39, 0.29) is 6.04 Å². The Balaban J connectivity index is 1.79. The molecule has 1 aromatic rings. The summed E-state index contributed by atoms with van der Waals surface area (Å²) in [6.07, 6.45) is 0.953. The zero-order valence-electron chi connectivity index (χ0n) is 10.3. The molecule has 1 fully saturated rings. The molecule has 2 rings (SSSR count). The molecule has 3 nitrogen and oxygen atoms in total. The lowest BCUT2D eigenvalue weighted by molar-refractivity contribution is 0.287. The summed E-state index contributed by atoms with van der Waals surface area (Å²) in [5.74, 6) is 1.63. The van der Waals surface area contributed by atoms with Crippen molar-refractivity contribution in [2.45, 2.75) is 12.5 Å². The molecule has 18 heavy (non-hydrogen) atoms. The number of rotatable bonds is 4. The van der Waals surface area contributed by atoms with Crippen LogP contribution in [0.2, 0.25) is 0 Å². The first-order chi connectivity index (χ1) is 8.65. The standard InChI is InChI=1S/C13H19BrN2OS/c14-12-3-1-11(2-4-12)13(15)5-6-16-7-9-18(17)10-8-16/h1-4,13H,5-10,15H2. The van der Waals surface area contributed by atoms with Crippen molar-refractivity contribution >= 4 is 26.7 Å². The summed E-state index contributed by atoms with van der Waals surface area (Å²) < 4.78 is 12.3. The van der Waals surface area contributed by atoms with Gasteiger partial charge in [-0.25, -0.2) is 0 Å². The number of hydrogen-bond acceptors (Lipinski definition) is 3. The third-order valence-electron chi connectivity index (χ3n) is 3.32. The van der Waals surface area contributed by atoms with Crippen LogP contribution in [-0.2, 0) is 10.8 Å². The molecule has 1 heterocycles. The molecule has 100 valence electrons. The van der Waals surface area contributed by atoms with E-state index >= 15 is 0 Å². The van der Waals surface area contributed by atoms with Crippen LogP contribution in [0.15, 0.2) is 28.7 Å². The first-order valence-electron chi connectivity index (χ1n) is 6.23. The van der Waals surface area contributed by atoms with E-state index in [0.29, 0.717) is 0 Å². The lowest BCUT2D eigenvalue weighted by atomic mass is 10.0. The van der Waals surface area contributed by atoms with Crippen LogP contribution in [0.5, 0.6) is 0 Å². The summed E-state index contributed by atoms with van der Waals surface area (Å²) in [5.41, 5.74) is 7.37. The van der Waals surface area contributed by atoms with Crippen LogP contribution in [0, 0.1) is 0 Å². The zero-order chi connectivity index (χ0) is 13.0. The molecule has 1 atom stereocenters. The van der Waals surface area contributed by atoms with Gasteiger partial charge in [0.25, 0.3) is 0 Å². The lowest BCUT2D eigenvalue weighted by Crippen LogP contribution is -2.39. The van der Waals surface area contributed by atoms with Gasteiger partial charge in [0.2, 0.25) is 0 Å². The Hall–Kier alpha value is -0.230. The van der Waals surface area contributed by atoms with Crippen molar-refractivity contribution in [3.8, 4) is 0 Å². The fourth-order valence-corrected chi connectivity index (χ4v) is 3.49. The Morgan fingerprint density at radius 3 is 2.50 bits per heavy atom. The smallest absolute Gasteiger partial charge is 0.0363 e. The first kappa shape index (κ1) is 14.2. The molecule has 2 N–H and O–H groups in total. The predicted octanol–water partition coefficient (Wildman–Crippen LogP) is 1.90. The largest absolute Gasteiger partial charge is 0.324 e. The second-order valence-corrected chi connectivity index (χ2v) is 7.25. The number of nitrogens with two attached hydrogens (primary N) is 1. The van der Waals surface area contributed by atoms with Gasteiger partial charge in [-0.15, -0.1) is 0 Å². The highest BCUT2D eigenvalue weighted by Crippen LogP contribution is 2.18. The normalized spacial score (nSPS) is 19.9. The third-order valence-corrected chi connectivity index (χ3v) is 5.13. The van der Waals surface area contributed by atoms with Crippen molar-refractivity contribution in [1.29, 1.82) is 0 Å². The number of nitrogens with zero attached hydrogens (tertiary/aromatic N) is 1. The third kappa shape index (κ3) is 4.16. The SMILES string of the molecule is NC(CCN1CCS(=O)CC1)c1ccc(Br)cc1. The predicted molar refractivity (Wildman–Crippen MR) is 80.0 cm³/mol. The summed E-state index contributed by atoms with van der Waals surface area (Å²) in [6.45, 7) is 2.88. The van der Waals surface area contributed by atoms with Crippen LogP contribution in [0.4, 0.5) is 0 Å². The van der Waals surface area contributed by atoms with Crippen LogP contribution < -0.4 is 5.73 Å². The summed E-state index contributed by atoms with van der Waals surface area (Å²) in [6, 6.07) is 8.28. The van der Waals surface area contributed by atoms with Gasteiger partial charge >= 0.3 is 0 Å². The van der Waals surface area contributed by atoms with Crippen molar-refractivity contribution in [3.63, 3.8) is 0 Å². The van der Waals surface area contributed by atoms with E-state index in [4.69, 9.17) is 5.73 Å². The van der Waals surface area contributed by atoms with Crippen molar-refractivity contribution in [1.82, 2.24) is 4.90 Å². The summed E-state index contributed by atoms with van der Waals surface area (Å²) in [7, 11) is -0.592. The zero-order valence-corrected chi connectivity index (χ0v) is 12.8. The summed E-state index contributed by atoms with van der Waals surface area (Å²) in [5, 5.41) is 0. The van der Waals surface area contributed by atoms with E-state index in [0.717, 1.165) is 42.0 Å². The Morgan fingerprint density at radius 2 is 1.89 bits per heavy atom. The molecular formula is C13H19BrN2OS. The molecule has 1 saturated heterocycles. The first-order valence-corrected chi connectivity index (χ1v) is 8.51. The van der Waals surface area contributed by atoms with E-state index in [9.17, 15) is 4.21 Å². The molecule has 0 spiro atoms. The van der Waals surface area contributed by atoms with Gasteiger partial charge in [-0.1, -0.05) is 28.1 Å². The van der Waals surface area contributed by atoms with Gasteiger partial charge in [-0.2, -0.15) is 0 Å². The van der Waals surface area contributed by atoms with Crippen LogP contribution in [-0.4, -0.2) is 40.2 Å². The van der Waals surface area contributed by atoms with E-state index < -0.39 is 10.8 Å². The Kier molecular flexibility index (Phi) is 5.36. The molecule has 0 aromatic heterocycles. The second-order valence-electron chi connectivity index (χ2n) is 4.64. The minimum Gasteiger partial charge on any atom is -0.324 e. The highest BCUT2D eigenvalue weighted by Gasteiger charge is 2.16. The van der Waals surface area contributed by atoms with E-state index in [1.54, 1.807) is 0 Å². The van der Waals surface area contributed by atoms with E-state index in [1.165, 1.54) is 5.56 Å². The average Bonchev–Trinajstić information content (AvgIpc) is 2.38. The average molecular weight is 331 g/mol. The van der Waals surface area contributed by atoms with Gasteiger partial charge in [0.05, 0.1) is 0 Å². The molecule has 1 unspecified atom stereocenters. The molecule has 0 bridgehead atoms. The fourth-order valence-electron chi connectivity index (χ4n) is 2.10. The number of hydrogen-bond donors (Lipinski definition) is 1. The fraction of sp³-hybridized carbons (Fsp3) is 0.538. The molecule has 0 aliphatic carbocycles. The quantitative estimate of drug-likeness (QED) is 0.917. The molecule has 1 aliphatic heterocycles. The molecule has 1 aromatic carbocycles. The summed E-state index contributed by atoms with van der Waals surface area (Å²) >= 11 is 3.42. The molecular weight excluding hydrogens is 312 g/mol. The van der Waals surface area contributed by atoms with Crippen molar-refractivity contribution < 1.29 is 4.21 Å². The summed E-state index contributed by atoms with van der Waals surface area (Å²) in [4.78, 5) is 2.36. The second kappa shape index (κ2) is 6.80. The molecule has 0 amide bonds. The minimum absolute atomic E-state index is 0.0884. The Morgan fingerprint density at radius 1 is 1.28 bits per heavy atom. The Bertz CT molecular complexity index is 400. The maximum absolute atomic E-state index is 11.3. The van der Waals surface area contributed by atoms with Crippen LogP contribution >= 0.6 is 15.9 Å². The topological polar surface area (TPSA) is 46.3 Å². The van der Waals surface area contributed by atoms with E-state index in [1.807, 2.05) is 12.1 Å². The van der Waals surface area contributed by atoms with Gasteiger partial charge in [-0.05, 0) is 24.1 Å². The van der Waals surface area contributed by atoms with Crippen molar-refractivity contribution in [3.05, 3.63) is 34.3 Å². The molecule has 0 radical (unpaired) electrons. The van der Waals surface area contributed by atoms with Gasteiger partial charge in [0.15, 0.2) is 0 Å². The van der Waals surface area contributed by atoms with Gasteiger partial charge in [0, 0.05) is 52.5 Å². The maximum atomic E-state index is 11.3. The van der Waals surface area contributed by atoms with Crippen LogP contribution in [0.25, 0.3) is 0 Å². The number of halogens is 1. The monoisotopic (exact) mass is 330 g/mol. The van der Waals surface area contributed by atoms with Crippen LogP contribution in [0.1, 0.15) is 18.0 Å². The van der Waals surface area contributed by atoms with Crippen molar-refractivity contribution in [2.24, 2.45) is 5.73 Å². The van der Waals surface area contributed by atoms with Crippen molar-refractivity contribution in [2.75, 3.05) is 31.1 Å². The van der Waals surface area contributed by atoms with Gasteiger partial charge < -0.3 is 10.6 Å². The molecule has 5 heteroatoms. The highest BCUT2D eigenvalue weighted by molar-refractivity contribution is 9.10. The number of benzene rings is 1. The van der Waals surface area contributed by atoms with Gasteiger partial charge in [-0.3, -0.25) is 4.21 Å².